The Hall–Kier alpha value is -0.0800. The van der Waals surface area contributed by atoms with Gasteiger partial charge in [0.15, 0.2) is 0 Å². The van der Waals surface area contributed by atoms with E-state index in [4.69, 9.17) is 4.74 Å². The molecular formula is C12H23NO. The van der Waals surface area contributed by atoms with Crippen molar-refractivity contribution in [3.8, 4) is 0 Å². The minimum Gasteiger partial charge on any atom is -0.378 e. The van der Waals surface area contributed by atoms with Crippen LogP contribution in [0, 0.1) is 5.41 Å². The number of ether oxygens (including phenoxy) is 1. The number of nitrogens with zero attached hydrogens (tertiary/aromatic N) is 1. The van der Waals surface area contributed by atoms with Gasteiger partial charge in [0.2, 0.25) is 0 Å². The second kappa shape index (κ2) is 3.82. The fourth-order valence-electron chi connectivity index (χ4n) is 2.53. The average molecular weight is 197 g/mol. The lowest BCUT2D eigenvalue weighted by molar-refractivity contribution is -0.0455. The average Bonchev–Trinajstić information content (AvgIpc) is 2.93. The van der Waals surface area contributed by atoms with Crippen LogP contribution in [0.5, 0.6) is 0 Å². The standard InChI is InChI=1S/C12H23NO/c1-4-12(5-6-12)9-13-10(2)7-14-8-11(13)3/h10-11H,4-9H2,1-3H3/t10-,11+. The van der Waals surface area contributed by atoms with E-state index >= 15 is 0 Å². The molecule has 2 fully saturated rings. The maximum absolute atomic E-state index is 5.55. The molecule has 1 saturated carbocycles. The second-order valence-electron chi connectivity index (χ2n) is 5.26. The van der Waals surface area contributed by atoms with E-state index < -0.39 is 0 Å². The highest BCUT2D eigenvalue weighted by atomic mass is 16.5. The Labute approximate surface area is 87.6 Å². The third kappa shape index (κ3) is 1.96. The summed E-state index contributed by atoms with van der Waals surface area (Å²) in [7, 11) is 0. The van der Waals surface area contributed by atoms with Gasteiger partial charge in [-0.15, -0.1) is 0 Å². The summed E-state index contributed by atoms with van der Waals surface area (Å²) in [5.74, 6) is 0. The lowest BCUT2D eigenvalue weighted by Crippen LogP contribution is -2.51. The monoisotopic (exact) mass is 197 g/mol. The molecule has 1 aliphatic carbocycles. The van der Waals surface area contributed by atoms with E-state index in [2.05, 4.69) is 25.7 Å². The summed E-state index contributed by atoms with van der Waals surface area (Å²) in [4.78, 5) is 2.65. The second-order valence-corrected chi connectivity index (χ2v) is 5.26. The predicted octanol–water partition coefficient (Wildman–Crippen LogP) is 2.29. The van der Waals surface area contributed by atoms with Crippen molar-refractivity contribution in [3.63, 3.8) is 0 Å². The van der Waals surface area contributed by atoms with Crippen LogP contribution >= 0.6 is 0 Å². The first kappa shape index (κ1) is 10.4. The molecule has 2 nitrogen and oxygen atoms in total. The Morgan fingerprint density at radius 2 is 1.79 bits per heavy atom. The van der Waals surface area contributed by atoms with Crippen molar-refractivity contribution >= 4 is 0 Å². The molecule has 82 valence electrons. The van der Waals surface area contributed by atoms with Crippen LogP contribution in [0.1, 0.15) is 40.0 Å². The number of hydrogen-bond donors (Lipinski definition) is 0. The molecule has 0 spiro atoms. The fourth-order valence-corrected chi connectivity index (χ4v) is 2.53. The zero-order chi connectivity index (χ0) is 10.2. The van der Waals surface area contributed by atoms with Crippen molar-refractivity contribution in [2.45, 2.75) is 52.1 Å². The lowest BCUT2D eigenvalue weighted by Gasteiger charge is -2.40. The lowest BCUT2D eigenvalue weighted by atomic mass is 10.0. The van der Waals surface area contributed by atoms with E-state index in [0.29, 0.717) is 17.5 Å². The molecule has 0 radical (unpaired) electrons. The van der Waals surface area contributed by atoms with Crippen LogP contribution in [0.2, 0.25) is 0 Å². The van der Waals surface area contributed by atoms with E-state index in [-0.39, 0.29) is 0 Å². The maximum atomic E-state index is 5.55. The Morgan fingerprint density at radius 1 is 1.21 bits per heavy atom. The number of hydrogen-bond acceptors (Lipinski definition) is 2. The molecule has 0 aromatic carbocycles. The highest BCUT2D eigenvalue weighted by Gasteiger charge is 2.44. The minimum absolute atomic E-state index is 0.614. The Morgan fingerprint density at radius 3 is 2.21 bits per heavy atom. The Balaban J connectivity index is 1.94. The van der Waals surface area contributed by atoms with Crippen molar-refractivity contribution < 1.29 is 4.74 Å². The molecule has 2 aliphatic rings. The van der Waals surface area contributed by atoms with Crippen LogP contribution in [-0.4, -0.2) is 36.7 Å². The van der Waals surface area contributed by atoms with Crippen LogP contribution in [0.3, 0.4) is 0 Å². The third-order valence-corrected chi connectivity index (χ3v) is 4.08. The molecule has 2 heteroatoms. The van der Waals surface area contributed by atoms with Crippen LogP contribution in [0.4, 0.5) is 0 Å². The summed E-state index contributed by atoms with van der Waals surface area (Å²) in [6.07, 6.45) is 4.24. The van der Waals surface area contributed by atoms with Crippen LogP contribution in [-0.2, 0) is 4.74 Å². The van der Waals surface area contributed by atoms with Crippen molar-refractivity contribution in [3.05, 3.63) is 0 Å². The van der Waals surface area contributed by atoms with E-state index in [1.165, 1.54) is 25.8 Å². The molecule has 2 atom stereocenters. The van der Waals surface area contributed by atoms with Crippen LogP contribution in [0.25, 0.3) is 0 Å². The SMILES string of the molecule is CCC1(CN2[C@H](C)COC[C@@H]2C)CC1. The van der Waals surface area contributed by atoms with Crippen molar-refractivity contribution in [2.24, 2.45) is 5.41 Å². The van der Waals surface area contributed by atoms with Gasteiger partial charge in [-0.3, -0.25) is 4.90 Å². The summed E-state index contributed by atoms with van der Waals surface area (Å²) in [5.41, 5.74) is 0.680. The molecular weight excluding hydrogens is 174 g/mol. The first-order valence-electron chi connectivity index (χ1n) is 6.00. The molecule has 1 saturated heterocycles. The number of morpholine rings is 1. The van der Waals surface area contributed by atoms with E-state index in [0.717, 1.165) is 13.2 Å². The molecule has 0 aromatic rings. The summed E-state index contributed by atoms with van der Waals surface area (Å²) in [6.45, 7) is 10.1. The quantitative estimate of drug-likeness (QED) is 0.688. The van der Waals surface area contributed by atoms with Gasteiger partial charge in [0.25, 0.3) is 0 Å². The topological polar surface area (TPSA) is 12.5 Å². The molecule has 0 N–H and O–H groups in total. The van der Waals surface area contributed by atoms with Gasteiger partial charge < -0.3 is 4.74 Å². The van der Waals surface area contributed by atoms with Crippen molar-refractivity contribution in [2.75, 3.05) is 19.8 Å². The highest BCUT2D eigenvalue weighted by molar-refractivity contribution is 4.96. The Bertz CT molecular complexity index is 190. The molecule has 1 aliphatic heterocycles. The van der Waals surface area contributed by atoms with Crippen molar-refractivity contribution in [1.82, 2.24) is 4.90 Å². The van der Waals surface area contributed by atoms with Crippen LogP contribution in [0.15, 0.2) is 0 Å². The van der Waals surface area contributed by atoms with Gasteiger partial charge in [-0.25, -0.2) is 0 Å². The van der Waals surface area contributed by atoms with Gasteiger partial charge >= 0.3 is 0 Å². The zero-order valence-corrected chi connectivity index (χ0v) is 9.75. The molecule has 0 unspecified atom stereocenters. The fraction of sp³-hybridized carbons (Fsp3) is 1.00. The maximum Gasteiger partial charge on any atom is 0.0620 e. The van der Waals surface area contributed by atoms with Gasteiger partial charge in [0, 0.05) is 18.6 Å². The summed E-state index contributed by atoms with van der Waals surface area (Å²) >= 11 is 0. The van der Waals surface area contributed by atoms with Gasteiger partial charge in [-0.2, -0.15) is 0 Å². The van der Waals surface area contributed by atoms with Crippen LogP contribution < -0.4 is 0 Å². The minimum atomic E-state index is 0.614. The normalized spacial score (nSPS) is 37.1. The van der Waals surface area contributed by atoms with Gasteiger partial charge in [0.05, 0.1) is 13.2 Å². The zero-order valence-electron chi connectivity index (χ0n) is 9.75. The summed E-state index contributed by atoms with van der Waals surface area (Å²) < 4.78 is 5.55. The molecule has 0 amide bonds. The van der Waals surface area contributed by atoms with Gasteiger partial charge in [-0.1, -0.05) is 6.92 Å². The highest BCUT2D eigenvalue weighted by Crippen LogP contribution is 2.49. The van der Waals surface area contributed by atoms with E-state index in [1.54, 1.807) is 0 Å². The summed E-state index contributed by atoms with van der Waals surface area (Å²) in [5, 5.41) is 0. The largest absolute Gasteiger partial charge is 0.378 e. The molecule has 0 bridgehead atoms. The third-order valence-electron chi connectivity index (χ3n) is 4.08. The molecule has 2 rings (SSSR count). The predicted molar refractivity (Wildman–Crippen MR) is 58.4 cm³/mol. The van der Waals surface area contributed by atoms with Crippen molar-refractivity contribution in [1.29, 1.82) is 0 Å². The Kier molecular flexibility index (Phi) is 2.85. The number of rotatable bonds is 3. The smallest absolute Gasteiger partial charge is 0.0620 e. The first-order valence-corrected chi connectivity index (χ1v) is 6.00. The molecule has 14 heavy (non-hydrogen) atoms. The summed E-state index contributed by atoms with van der Waals surface area (Å²) in [6, 6.07) is 1.23. The van der Waals surface area contributed by atoms with E-state index in [9.17, 15) is 0 Å². The van der Waals surface area contributed by atoms with Gasteiger partial charge in [-0.05, 0) is 38.5 Å². The van der Waals surface area contributed by atoms with E-state index in [1.807, 2.05) is 0 Å². The molecule has 1 heterocycles. The first-order chi connectivity index (χ1) is 6.67. The molecule has 0 aromatic heterocycles. The van der Waals surface area contributed by atoms with Gasteiger partial charge in [0.1, 0.15) is 0 Å².